The van der Waals surface area contributed by atoms with Crippen LogP contribution in [-0.4, -0.2) is 0 Å². The van der Waals surface area contributed by atoms with Crippen molar-refractivity contribution in [2.24, 2.45) is 5.92 Å². The average Bonchev–Trinajstić information content (AvgIpc) is 3.00. The van der Waals surface area contributed by atoms with E-state index in [4.69, 9.17) is 0 Å². The minimum atomic E-state index is 0.965. The van der Waals surface area contributed by atoms with Crippen LogP contribution in [0.15, 0.2) is 0 Å². The van der Waals surface area contributed by atoms with Crippen molar-refractivity contribution >= 4 is 0 Å². The van der Waals surface area contributed by atoms with Gasteiger partial charge in [0, 0.05) is 0 Å². The van der Waals surface area contributed by atoms with E-state index in [1.54, 1.807) is 0 Å². The molecular weight excluding hydrogens is 504 g/mol. The molecule has 0 saturated carbocycles. The van der Waals surface area contributed by atoms with Crippen LogP contribution in [0.4, 0.5) is 0 Å². The zero-order valence-corrected chi connectivity index (χ0v) is 30.4. The average molecular weight is 591 g/mol. The van der Waals surface area contributed by atoms with Crippen molar-refractivity contribution in [3.8, 4) is 0 Å². The molecule has 0 fully saturated rings. The maximum atomic E-state index is 2.51. The van der Waals surface area contributed by atoms with Gasteiger partial charge in [-0.05, 0) is 5.92 Å². The van der Waals surface area contributed by atoms with Gasteiger partial charge in [0.2, 0.25) is 0 Å². The fraction of sp³-hybridized carbons (Fsp3) is 1.00. The second-order valence-electron chi connectivity index (χ2n) is 14.7. The summed E-state index contributed by atoms with van der Waals surface area (Å²) in [6.07, 6.45) is 56.2. The molecule has 0 amide bonds. The molecule has 0 radical (unpaired) electrons. The molecule has 0 aliphatic heterocycles. The van der Waals surface area contributed by atoms with E-state index in [0.29, 0.717) is 0 Å². The predicted octanol–water partition coefficient (Wildman–Crippen LogP) is 16.5. The third-order valence-electron chi connectivity index (χ3n) is 10.1. The van der Waals surface area contributed by atoms with Crippen molar-refractivity contribution in [2.45, 2.75) is 265 Å². The van der Waals surface area contributed by atoms with Gasteiger partial charge < -0.3 is 0 Å². The number of hydrogen-bond donors (Lipinski definition) is 0. The molecule has 0 bridgehead atoms. The van der Waals surface area contributed by atoms with Gasteiger partial charge in [-0.25, -0.2) is 0 Å². The Hall–Kier alpha value is 0. The Bertz CT molecular complexity index is 439. The molecule has 0 aliphatic carbocycles. The highest BCUT2D eigenvalue weighted by molar-refractivity contribution is 4.57. The lowest BCUT2D eigenvalue weighted by Crippen LogP contribution is -1.95. The Kier molecular flexibility index (Phi) is 39.0. The summed E-state index contributed by atoms with van der Waals surface area (Å²) in [6, 6.07) is 0. The van der Waals surface area contributed by atoms with E-state index in [1.165, 1.54) is 244 Å². The Balaban J connectivity index is 3.13. The van der Waals surface area contributed by atoms with Crippen LogP contribution in [-0.2, 0) is 0 Å². The summed E-state index contributed by atoms with van der Waals surface area (Å²) < 4.78 is 0. The molecule has 0 aliphatic rings. The smallest absolute Gasteiger partial charge is 0.0443 e. The molecule has 0 aromatic heterocycles. The summed E-state index contributed by atoms with van der Waals surface area (Å²) in [4.78, 5) is 0. The van der Waals surface area contributed by atoms with Crippen molar-refractivity contribution in [3.05, 3.63) is 0 Å². The number of rotatable bonds is 38. The van der Waals surface area contributed by atoms with E-state index >= 15 is 0 Å². The summed E-state index contributed by atoms with van der Waals surface area (Å²) in [5, 5.41) is 0. The highest BCUT2D eigenvalue weighted by Crippen LogP contribution is 2.20. The second-order valence-corrected chi connectivity index (χ2v) is 14.7. The molecule has 0 spiro atoms. The van der Waals surface area contributed by atoms with Gasteiger partial charge in [-0.3, -0.25) is 0 Å². The van der Waals surface area contributed by atoms with Crippen LogP contribution in [0.2, 0.25) is 0 Å². The largest absolute Gasteiger partial charge is 0.0654 e. The SMILES string of the molecule is CCCCCCCCCCCCCCCCCCCCCCCCC(C)CCCCCCCCCCCCCCCC. The summed E-state index contributed by atoms with van der Waals surface area (Å²) in [5.41, 5.74) is 0. The Morgan fingerprint density at radius 3 is 0.524 bits per heavy atom. The van der Waals surface area contributed by atoms with Crippen LogP contribution in [0, 0.1) is 5.92 Å². The van der Waals surface area contributed by atoms with Crippen LogP contribution in [0.3, 0.4) is 0 Å². The fourth-order valence-corrected chi connectivity index (χ4v) is 6.93. The Labute approximate surface area is 270 Å². The topological polar surface area (TPSA) is 0 Å². The molecule has 0 aromatic rings. The first kappa shape index (κ1) is 42.0. The molecule has 254 valence electrons. The number of hydrogen-bond acceptors (Lipinski definition) is 0. The van der Waals surface area contributed by atoms with E-state index in [1.807, 2.05) is 0 Å². The molecule has 1 unspecified atom stereocenters. The quantitative estimate of drug-likeness (QED) is 0.0627. The van der Waals surface area contributed by atoms with Crippen molar-refractivity contribution in [2.75, 3.05) is 0 Å². The summed E-state index contributed by atoms with van der Waals surface area (Å²) in [6.45, 7) is 7.13. The van der Waals surface area contributed by atoms with Gasteiger partial charge in [-0.1, -0.05) is 265 Å². The van der Waals surface area contributed by atoms with Gasteiger partial charge in [-0.2, -0.15) is 0 Å². The molecular formula is C42H86. The van der Waals surface area contributed by atoms with Gasteiger partial charge in [-0.15, -0.1) is 0 Å². The minimum absolute atomic E-state index is 0.965. The van der Waals surface area contributed by atoms with E-state index < -0.39 is 0 Å². The molecule has 0 N–H and O–H groups in total. The Morgan fingerprint density at radius 2 is 0.357 bits per heavy atom. The molecule has 1 atom stereocenters. The van der Waals surface area contributed by atoms with Crippen molar-refractivity contribution in [1.29, 1.82) is 0 Å². The van der Waals surface area contributed by atoms with E-state index in [9.17, 15) is 0 Å². The highest BCUT2D eigenvalue weighted by atomic mass is 14.1. The van der Waals surface area contributed by atoms with Gasteiger partial charge in [0.25, 0.3) is 0 Å². The molecule has 0 rings (SSSR count). The lowest BCUT2D eigenvalue weighted by atomic mass is 9.95. The first-order chi connectivity index (χ1) is 20.8. The summed E-state index contributed by atoms with van der Waals surface area (Å²) in [7, 11) is 0. The van der Waals surface area contributed by atoms with Crippen molar-refractivity contribution in [1.82, 2.24) is 0 Å². The first-order valence-corrected chi connectivity index (χ1v) is 20.8. The summed E-state index contributed by atoms with van der Waals surface area (Å²) >= 11 is 0. The van der Waals surface area contributed by atoms with Gasteiger partial charge in [0.15, 0.2) is 0 Å². The maximum Gasteiger partial charge on any atom is -0.0443 e. The van der Waals surface area contributed by atoms with Crippen LogP contribution in [0.1, 0.15) is 265 Å². The lowest BCUT2D eigenvalue weighted by Gasteiger charge is -2.11. The molecule has 0 heterocycles. The third kappa shape index (κ3) is 38.0. The van der Waals surface area contributed by atoms with Crippen LogP contribution < -0.4 is 0 Å². The van der Waals surface area contributed by atoms with Crippen LogP contribution in [0.25, 0.3) is 0 Å². The Morgan fingerprint density at radius 1 is 0.214 bits per heavy atom. The van der Waals surface area contributed by atoms with E-state index in [-0.39, 0.29) is 0 Å². The minimum Gasteiger partial charge on any atom is -0.0654 e. The fourth-order valence-electron chi connectivity index (χ4n) is 6.93. The molecule has 0 nitrogen and oxygen atoms in total. The van der Waals surface area contributed by atoms with E-state index in [2.05, 4.69) is 20.8 Å². The molecule has 0 aromatic carbocycles. The predicted molar refractivity (Wildman–Crippen MR) is 196 cm³/mol. The highest BCUT2D eigenvalue weighted by Gasteiger charge is 2.03. The number of unbranched alkanes of at least 4 members (excludes halogenated alkanes) is 34. The van der Waals surface area contributed by atoms with Crippen molar-refractivity contribution in [3.63, 3.8) is 0 Å². The lowest BCUT2D eigenvalue weighted by molar-refractivity contribution is 0.429. The standard InChI is InChI=1S/C42H86/c1-4-6-8-10-12-14-16-18-20-21-22-23-24-25-26-27-29-31-33-35-37-39-41-42(3)40-38-36-34-32-30-28-19-17-15-13-11-9-7-5-2/h42H,4-41H2,1-3H3. The normalized spacial score (nSPS) is 12.4. The van der Waals surface area contributed by atoms with Gasteiger partial charge in [0.1, 0.15) is 0 Å². The zero-order chi connectivity index (χ0) is 30.4. The molecule has 0 heteroatoms. The van der Waals surface area contributed by atoms with Gasteiger partial charge in [0.05, 0.1) is 0 Å². The van der Waals surface area contributed by atoms with Crippen LogP contribution >= 0.6 is 0 Å². The van der Waals surface area contributed by atoms with Gasteiger partial charge >= 0.3 is 0 Å². The maximum absolute atomic E-state index is 2.51. The molecule has 42 heavy (non-hydrogen) atoms. The zero-order valence-electron chi connectivity index (χ0n) is 30.4. The van der Waals surface area contributed by atoms with E-state index in [0.717, 1.165) is 5.92 Å². The second kappa shape index (κ2) is 39.0. The third-order valence-corrected chi connectivity index (χ3v) is 10.1. The van der Waals surface area contributed by atoms with Crippen molar-refractivity contribution < 1.29 is 0 Å². The monoisotopic (exact) mass is 591 g/mol. The first-order valence-electron chi connectivity index (χ1n) is 20.8. The molecule has 0 saturated heterocycles. The van der Waals surface area contributed by atoms with Crippen LogP contribution in [0.5, 0.6) is 0 Å². The summed E-state index contributed by atoms with van der Waals surface area (Å²) in [5.74, 6) is 0.965.